The Kier molecular flexibility index (Phi) is 4.24. The topological polar surface area (TPSA) is 18.1 Å². The third kappa shape index (κ3) is 2.96. The SMILES string of the molecule is c1ccc2c(c1)oc1ccc(-c3cccc4sc5cc(-n6c7ccccc7c7ccccc76)ccc5c34)cc12. The van der Waals surface area contributed by atoms with Crippen LogP contribution < -0.4 is 0 Å². The number of fused-ring (bicyclic) bond motifs is 9. The van der Waals surface area contributed by atoms with Crippen molar-refractivity contribution < 1.29 is 4.42 Å². The van der Waals surface area contributed by atoms with Gasteiger partial charge in [-0.1, -0.05) is 78.9 Å². The van der Waals surface area contributed by atoms with Gasteiger partial charge in [0.05, 0.1) is 11.0 Å². The molecule has 3 aromatic heterocycles. The number of furan rings is 1. The number of benzene rings is 6. The molecule has 3 heteroatoms. The van der Waals surface area contributed by atoms with Gasteiger partial charge in [0.25, 0.3) is 0 Å². The summed E-state index contributed by atoms with van der Waals surface area (Å²) in [7, 11) is 0. The fourth-order valence-electron chi connectivity index (χ4n) is 6.29. The lowest BCUT2D eigenvalue weighted by atomic mass is 9.98. The van der Waals surface area contributed by atoms with Crippen molar-refractivity contribution in [1.29, 1.82) is 0 Å². The molecule has 6 aromatic carbocycles. The second-order valence-corrected chi connectivity index (χ2v) is 11.2. The van der Waals surface area contributed by atoms with E-state index in [9.17, 15) is 0 Å². The molecule has 0 saturated heterocycles. The lowest BCUT2D eigenvalue weighted by molar-refractivity contribution is 0.669. The smallest absolute Gasteiger partial charge is 0.135 e. The van der Waals surface area contributed by atoms with Crippen LogP contribution in [0.25, 0.3) is 80.7 Å². The van der Waals surface area contributed by atoms with Crippen LogP contribution in [0.3, 0.4) is 0 Å². The van der Waals surface area contributed by atoms with Crippen LogP contribution in [0.15, 0.2) is 132 Å². The van der Waals surface area contributed by atoms with E-state index in [1.807, 2.05) is 23.5 Å². The Balaban J connectivity index is 1.28. The summed E-state index contributed by atoms with van der Waals surface area (Å²) in [6, 6.07) is 45.9. The minimum atomic E-state index is 0.929. The zero-order chi connectivity index (χ0) is 25.5. The van der Waals surface area contributed by atoms with Crippen molar-refractivity contribution in [1.82, 2.24) is 4.57 Å². The van der Waals surface area contributed by atoms with Crippen molar-refractivity contribution in [2.24, 2.45) is 0 Å². The molecular formula is C36H21NOS. The third-order valence-corrected chi connectivity index (χ3v) is 9.12. The maximum atomic E-state index is 6.10. The summed E-state index contributed by atoms with van der Waals surface area (Å²) in [5.74, 6) is 0. The Morgan fingerprint density at radius 2 is 1.21 bits per heavy atom. The first-order valence-electron chi connectivity index (χ1n) is 13.2. The van der Waals surface area contributed by atoms with Crippen molar-refractivity contribution in [2.45, 2.75) is 0 Å². The molecule has 3 heterocycles. The van der Waals surface area contributed by atoms with Crippen LogP contribution in [-0.2, 0) is 0 Å². The first kappa shape index (κ1) is 21.1. The lowest BCUT2D eigenvalue weighted by Crippen LogP contribution is -1.92. The predicted octanol–water partition coefficient (Wildman–Crippen LogP) is 10.7. The number of thiophene rings is 1. The summed E-state index contributed by atoms with van der Waals surface area (Å²) >= 11 is 1.87. The largest absolute Gasteiger partial charge is 0.456 e. The zero-order valence-corrected chi connectivity index (χ0v) is 21.7. The number of nitrogens with zero attached hydrogens (tertiary/aromatic N) is 1. The second kappa shape index (κ2) is 7.83. The van der Waals surface area contributed by atoms with Gasteiger partial charge in [0, 0.05) is 47.4 Å². The molecule has 0 bridgehead atoms. The number of para-hydroxylation sites is 3. The molecule has 2 nitrogen and oxygen atoms in total. The van der Waals surface area contributed by atoms with Gasteiger partial charge < -0.3 is 8.98 Å². The molecule has 0 aliphatic rings. The van der Waals surface area contributed by atoms with Gasteiger partial charge in [0.15, 0.2) is 0 Å². The molecule has 0 radical (unpaired) electrons. The van der Waals surface area contributed by atoms with Gasteiger partial charge in [0.2, 0.25) is 0 Å². The number of aromatic nitrogens is 1. The van der Waals surface area contributed by atoms with E-state index < -0.39 is 0 Å². The fraction of sp³-hybridized carbons (Fsp3) is 0. The Morgan fingerprint density at radius 3 is 2.03 bits per heavy atom. The van der Waals surface area contributed by atoms with Crippen molar-refractivity contribution in [3.63, 3.8) is 0 Å². The van der Waals surface area contributed by atoms with Crippen LogP contribution >= 0.6 is 11.3 Å². The Morgan fingerprint density at radius 1 is 0.487 bits per heavy atom. The normalized spacial score (nSPS) is 12.1. The summed E-state index contributed by atoms with van der Waals surface area (Å²) in [5, 5.41) is 7.51. The van der Waals surface area contributed by atoms with Gasteiger partial charge >= 0.3 is 0 Å². The van der Waals surface area contributed by atoms with Crippen LogP contribution in [0.5, 0.6) is 0 Å². The van der Waals surface area contributed by atoms with Gasteiger partial charge in [-0.3, -0.25) is 0 Å². The molecule has 0 amide bonds. The van der Waals surface area contributed by atoms with E-state index in [0.29, 0.717) is 0 Å². The quantitative estimate of drug-likeness (QED) is 0.224. The van der Waals surface area contributed by atoms with Crippen molar-refractivity contribution in [3.05, 3.63) is 127 Å². The van der Waals surface area contributed by atoms with Gasteiger partial charge in [-0.15, -0.1) is 11.3 Å². The molecular weight excluding hydrogens is 494 g/mol. The summed E-state index contributed by atoms with van der Waals surface area (Å²) in [6.07, 6.45) is 0. The summed E-state index contributed by atoms with van der Waals surface area (Å²) in [4.78, 5) is 0. The van der Waals surface area contributed by atoms with E-state index >= 15 is 0 Å². The Labute approximate surface area is 227 Å². The monoisotopic (exact) mass is 515 g/mol. The highest BCUT2D eigenvalue weighted by Gasteiger charge is 2.16. The molecule has 0 saturated carbocycles. The van der Waals surface area contributed by atoms with Gasteiger partial charge in [0.1, 0.15) is 11.2 Å². The lowest BCUT2D eigenvalue weighted by Gasteiger charge is -2.09. The van der Waals surface area contributed by atoms with Crippen LogP contribution in [0.2, 0.25) is 0 Å². The van der Waals surface area contributed by atoms with E-state index in [-0.39, 0.29) is 0 Å². The molecule has 0 aliphatic heterocycles. The fourth-order valence-corrected chi connectivity index (χ4v) is 7.45. The van der Waals surface area contributed by atoms with Gasteiger partial charge in [-0.2, -0.15) is 0 Å². The molecule has 0 fully saturated rings. The van der Waals surface area contributed by atoms with E-state index in [0.717, 1.165) is 21.9 Å². The van der Waals surface area contributed by atoms with E-state index in [2.05, 4.69) is 120 Å². The van der Waals surface area contributed by atoms with Crippen molar-refractivity contribution >= 4 is 75.3 Å². The molecule has 9 rings (SSSR count). The van der Waals surface area contributed by atoms with Crippen molar-refractivity contribution in [3.8, 4) is 16.8 Å². The molecule has 0 atom stereocenters. The van der Waals surface area contributed by atoms with E-state index in [1.54, 1.807) is 0 Å². The number of hydrogen-bond donors (Lipinski definition) is 0. The average molecular weight is 516 g/mol. The molecule has 182 valence electrons. The predicted molar refractivity (Wildman–Crippen MR) is 166 cm³/mol. The van der Waals surface area contributed by atoms with Crippen LogP contribution in [0.1, 0.15) is 0 Å². The second-order valence-electron chi connectivity index (χ2n) is 10.1. The molecule has 0 N–H and O–H groups in total. The highest BCUT2D eigenvalue weighted by atomic mass is 32.1. The highest BCUT2D eigenvalue weighted by Crippen LogP contribution is 2.43. The number of hydrogen-bond acceptors (Lipinski definition) is 2. The van der Waals surface area contributed by atoms with Crippen LogP contribution in [0.4, 0.5) is 0 Å². The van der Waals surface area contributed by atoms with Crippen molar-refractivity contribution in [2.75, 3.05) is 0 Å². The minimum absolute atomic E-state index is 0.929. The van der Waals surface area contributed by atoms with E-state index in [1.165, 1.54) is 58.8 Å². The molecule has 0 unspecified atom stereocenters. The van der Waals surface area contributed by atoms with Crippen LogP contribution in [0, 0.1) is 0 Å². The summed E-state index contributed by atoms with van der Waals surface area (Å²) in [6.45, 7) is 0. The first-order valence-corrected chi connectivity index (χ1v) is 14.0. The van der Waals surface area contributed by atoms with E-state index in [4.69, 9.17) is 4.42 Å². The minimum Gasteiger partial charge on any atom is -0.456 e. The molecule has 0 aliphatic carbocycles. The van der Waals surface area contributed by atoms with Crippen LogP contribution in [-0.4, -0.2) is 4.57 Å². The Hall–Kier alpha value is -4.86. The maximum Gasteiger partial charge on any atom is 0.135 e. The zero-order valence-electron chi connectivity index (χ0n) is 20.9. The average Bonchev–Trinajstić information content (AvgIpc) is 3.65. The standard InChI is InChI=1S/C36H21NOS/c1-4-12-30-25(8-1)26-9-2-5-13-31(26)37(30)23-17-18-28-35(21-23)39-34-15-7-11-24(36(28)34)22-16-19-33-29(20-22)27-10-3-6-14-32(27)38-33/h1-21H. The molecule has 0 spiro atoms. The summed E-state index contributed by atoms with van der Waals surface area (Å²) in [5.41, 5.74) is 8.00. The summed E-state index contributed by atoms with van der Waals surface area (Å²) < 4.78 is 11.1. The third-order valence-electron chi connectivity index (χ3n) is 8.01. The molecule has 9 aromatic rings. The molecule has 39 heavy (non-hydrogen) atoms. The Bertz CT molecular complexity index is 2350. The first-order chi connectivity index (χ1) is 19.3. The van der Waals surface area contributed by atoms with Gasteiger partial charge in [-0.05, 0) is 59.7 Å². The highest BCUT2D eigenvalue weighted by molar-refractivity contribution is 7.26. The number of rotatable bonds is 2. The van der Waals surface area contributed by atoms with Gasteiger partial charge in [-0.25, -0.2) is 0 Å². The maximum absolute atomic E-state index is 6.10.